The number of amides is 1. The van der Waals surface area contributed by atoms with Gasteiger partial charge in [-0.2, -0.15) is 0 Å². The first-order valence-corrected chi connectivity index (χ1v) is 7.79. The number of carbonyl (C=O) groups is 2. The molecule has 4 heteroatoms. The number of Topliss-reactive ketones (excluding diaryl/α,β-unsaturated/α-hetero) is 1. The fourth-order valence-electron chi connectivity index (χ4n) is 3.77. The second-order valence-corrected chi connectivity index (χ2v) is 6.42. The zero-order valence-corrected chi connectivity index (χ0v) is 12.7. The fraction of sp³-hybridized carbons (Fsp3) is 0.588. The van der Waals surface area contributed by atoms with Gasteiger partial charge in [0.2, 0.25) is 5.91 Å². The molecular formula is C17H22N2O2. The second kappa shape index (κ2) is 5.58. The lowest BCUT2D eigenvalue weighted by Crippen LogP contribution is -2.39. The highest BCUT2D eigenvalue weighted by atomic mass is 16.2. The Hall–Kier alpha value is -1.71. The molecule has 21 heavy (non-hydrogen) atoms. The van der Waals surface area contributed by atoms with Gasteiger partial charge in [0.25, 0.3) is 0 Å². The Kier molecular flexibility index (Phi) is 3.79. The van der Waals surface area contributed by atoms with Gasteiger partial charge in [0.1, 0.15) is 5.78 Å². The minimum atomic E-state index is -0.0334. The maximum atomic E-state index is 12.7. The third-order valence-electron chi connectivity index (χ3n) is 5.20. The van der Waals surface area contributed by atoms with Gasteiger partial charge in [-0.15, -0.1) is 0 Å². The molecule has 0 aromatic carbocycles. The van der Waals surface area contributed by atoms with E-state index in [1.165, 1.54) is 0 Å². The molecule has 0 aliphatic heterocycles. The number of carbonyl (C=O) groups excluding carboxylic acids is 2. The topological polar surface area (TPSA) is 50.3 Å². The molecular weight excluding hydrogens is 264 g/mol. The summed E-state index contributed by atoms with van der Waals surface area (Å²) in [5.41, 5.74) is 0.906. The van der Waals surface area contributed by atoms with Crippen LogP contribution in [0.1, 0.15) is 44.3 Å². The van der Waals surface area contributed by atoms with Crippen molar-refractivity contribution in [1.29, 1.82) is 0 Å². The van der Waals surface area contributed by atoms with Crippen molar-refractivity contribution < 1.29 is 9.59 Å². The SMILES string of the molecule is CC(c1ccccn1)N(C)C(=O)C1CC2CCC(C1)C2=O. The van der Waals surface area contributed by atoms with Crippen molar-refractivity contribution in [2.75, 3.05) is 7.05 Å². The molecule has 1 amide bonds. The number of hydrogen-bond donors (Lipinski definition) is 0. The monoisotopic (exact) mass is 286 g/mol. The van der Waals surface area contributed by atoms with Crippen molar-refractivity contribution in [1.82, 2.24) is 9.88 Å². The number of nitrogens with zero attached hydrogens (tertiary/aromatic N) is 2. The average molecular weight is 286 g/mol. The Labute approximate surface area is 125 Å². The first-order valence-electron chi connectivity index (χ1n) is 7.79. The smallest absolute Gasteiger partial charge is 0.226 e. The zero-order chi connectivity index (χ0) is 15.0. The molecule has 4 nitrogen and oxygen atoms in total. The highest BCUT2D eigenvalue weighted by Gasteiger charge is 2.44. The highest BCUT2D eigenvalue weighted by molar-refractivity contribution is 5.89. The molecule has 1 aromatic rings. The summed E-state index contributed by atoms with van der Waals surface area (Å²) in [5, 5.41) is 0. The summed E-state index contributed by atoms with van der Waals surface area (Å²) >= 11 is 0. The van der Waals surface area contributed by atoms with Crippen LogP contribution in [0.5, 0.6) is 0 Å². The first kappa shape index (κ1) is 14.2. The molecule has 3 rings (SSSR count). The Morgan fingerprint density at radius 2 is 1.95 bits per heavy atom. The summed E-state index contributed by atoms with van der Waals surface area (Å²) < 4.78 is 0. The van der Waals surface area contributed by atoms with Gasteiger partial charge in [0.15, 0.2) is 0 Å². The minimum Gasteiger partial charge on any atom is -0.337 e. The maximum Gasteiger partial charge on any atom is 0.226 e. The average Bonchev–Trinajstić information content (AvgIpc) is 2.75. The molecule has 2 aliphatic rings. The van der Waals surface area contributed by atoms with Gasteiger partial charge in [0, 0.05) is 31.0 Å². The van der Waals surface area contributed by atoms with Crippen LogP contribution >= 0.6 is 0 Å². The summed E-state index contributed by atoms with van der Waals surface area (Å²) in [7, 11) is 1.85. The zero-order valence-electron chi connectivity index (χ0n) is 12.7. The van der Waals surface area contributed by atoms with E-state index in [9.17, 15) is 9.59 Å². The van der Waals surface area contributed by atoms with Crippen LogP contribution in [0.3, 0.4) is 0 Å². The van der Waals surface area contributed by atoms with E-state index in [4.69, 9.17) is 0 Å². The van der Waals surface area contributed by atoms with Crippen LogP contribution in [-0.4, -0.2) is 28.6 Å². The standard InChI is InChI=1S/C17H22N2O2/c1-11(15-5-3-4-8-18-15)19(2)17(21)14-9-12-6-7-13(10-14)16(12)20/h3-5,8,11-14H,6-7,9-10H2,1-2H3. The van der Waals surface area contributed by atoms with Crippen LogP contribution in [0, 0.1) is 17.8 Å². The summed E-state index contributed by atoms with van der Waals surface area (Å²) in [6, 6.07) is 5.73. The van der Waals surface area contributed by atoms with Crippen molar-refractivity contribution >= 4 is 11.7 Å². The van der Waals surface area contributed by atoms with Crippen molar-refractivity contribution in [3.63, 3.8) is 0 Å². The van der Waals surface area contributed by atoms with E-state index in [1.807, 2.05) is 32.2 Å². The molecule has 0 N–H and O–H groups in total. The molecule has 3 unspecified atom stereocenters. The van der Waals surface area contributed by atoms with E-state index in [0.717, 1.165) is 31.4 Å². The first-order chi connectivity index (χ1) is 10.1. The van der Waals surface area contributed by atoms with Crippen molar-refractivity contribution in [3.05, 3.63) is 30.1 Å². The van der Waals surface area contributed by atoms with Gasteiger partial charge in [-0.25, -0.2) is 0 Å². The van der Waals surface area contributed by atoms with Crippen LogP contribution in [0.2, 0.25) is 0 Å². The number of aromatic nitrogens is 1. The van der Waals surface area contributed by atoms with E-state index in [2.05, 4.69) is 4.98 Å². The van der Waals surface area contributed by atoms with Crippen molar-refractivity contribution in [2.45, 2.75) is 38.6 Å². The quantitative estimate of drug-likeness (QED) is 0.858. The molecule has 112 valence electrons. The molecule has 2 bridgehead atoms. The van der Waals surface area contributed by atoms with Gasteiger partial charge in [-0.3, -0.25) is 14.6 Å². The third-order valence-corrected chi connectivity index (χ3v) is 5.20. The van der Waals surface area contributed by atoms with Gasteiger partial charge < -0.3 is 4.90 Å². The fourth-order valence-corrected chi connectivity index (χ4v) is 3.77. The maximum absolute atomic E-state index is 12.7. The number of rotatable bonds is 3. The molecule has 0 radical (unpaired) electrons. The lowest BCUT2D eigenvalue weighted by atomic mass is 9.79. The van der Waals surface area contributed by atoms with Crippen LogP contribution in [-0.2, 0) is 9.59 Å². The molecule has 1 heterocycles. The van der Waals surface area contributed by atoms with Crippen LogP contribution in [0.4, 0.5) is 0 Å². The van der Waals surface area contributed by atoms with Gasteiger partial charge in [-0.05, 0) is 44.7 Å². The van der Waals surface area contributed by atoms with E-state index in [1.54, 1.807) is 11.1 Å². The predicted octanol–water partition coefficient (Wildman–Crippen LogP) is 2.61. The third kappa shape index (κ3) is 2.59. The van der Waals surface area contributed by atoms with Crippen LogP contribution in [0.25, 0.3) is 0 Å². The van der Waals surface area contributed by atoms with Crippen molar-refractivity contribution in [2.24, 2.45) is 17.8 Å². The van der Waals surface area contributed by atoms with Gasteiger partial charge >= 0.3 is 0 Å². The number of fused-ring (bicyclic) bond motifs is 2. The second-order valence-electron chi connectivity index (χ2n) is 6.42. The molecule has 1 aromatic heterocycles. The summed E-state index contributed by atoms with van der Waals surface area (Å²) in [6.45, 7) is 2.00. The van der Waals surface area contributed by atoms with E-state index in [-0.39, 0.29) is 29.7 Å². The Morgan fingerprint density at radius 3 is 2.52 bits per heavy atom. The Bertz CT molecular complexity index is 527. The Morgan fingerprint density at radius 1 is 1.29 bits per heavy atom. The predicted molar refractivity (Wildman–Crippen MR) is 79.4 cm³/mol. The molecule has 2 saturated carbocycles. The lowest BCUT2D eigenvalue weighted by Gasteiger charge is -2.32. The summed E-state index contributed by atoms with van der Waals surface area (Å²) in [5.74, 6) is 0.848. The van der Waals surface area contributed by atoms with E-state index in [0.29, 0.717) is 5.78 Å². The lowest BCUT2D eigenvalue weighted by molar-refractivity contribution is -0.140. The van der Waals surface area contributed by atoms with Crippen molar-refractivity contribution in [3.8, 4) is 0 Å². The molecule has 2 fully saturated rings. The largest absolute Gasteiger partial charge is 0.337 e. The Balaban J connectivity index is 1.69. The minimum absolute atomic E-state index is 0.0105. The van der Waals surface area contributed by atoms with E-state index >= 15 is 0 Å². The molecule has 0 saturated heterocycles. The number of hydrogen-bond acceptors (Lipinski definition) is 3. The van der Waals surface area contributed by atoms with Gasteiger partial charge in [0.05, 0.1) is 11.7 Å². The summed E-state index contributed by atoms with van der Waals surface area (Å²) in [4.78, 5) is 30.8. The highest BCUT2D eigenvalue weighted by Crippen LogP contribution is 2.42. The van der Waals surface area contributed by atoms with Crippen LogP contribution < -0.4 is 0 Å². The summed E-state index contributed by atoms with van der Waals surface area (Å²) in [6.07, 6.45) is 5.20. The normalized spacial score (nSPS) is 29.2. The molecule has 0 spiro atoms. The number of pyridine rings is 1. The van der Waals surface area contributed by atoms with Crippen LogP contribution in [0.15, 0.2) is 24.4 Å². The molecule has 3 atom stereocenters. The van der Waals surface area contributed by atoms with Gasteiger partial charge in [-0.1, -0.05) is 6.07 Å². The van der Waals surface area contributed by atoms with E-state index < -0.39 is 0 Å². The number of ketones is 1. The molecule has 2 aliphatic carbocycles.